The van der Waals surface area contributed by atoms with E-state index in [1.54, 1.807) is 19.1 Å². The molecule has 4 heteroatoms. The number of aromatic hydroxyl groups is 1. The van der Waals surface area contributed by atoms with E-state index in [4.69, 9.17) is 4.42 Å². The Bertz CT molecular complexity index is 720. The van der Waals surface area contributed by atoms with Crippen LogP contribution in [0.5, 0.6) is 5.75 Å². The van der Waals surface area contributed by atoms with Crippen LogP contribution in [-0.2, 0) is 6.54 Å². The molecule has 4 nitrogen and oxygen atoms in total. The molecule has 0 saturated carbocycles. The number of nitrogens with zero attached hydrogens (tertiary/aromatic N) is 1. The highest BCUT2D eigenvalue weighted by Crippen LogP contribution is 2.28. The van der Waals surface area contributed by atoms with E-state index in [0.717, 1.165) is 30.6 Å². The third-order valence-electron chi connectivity index (χ3n) is 4.35. The maximum atomic E-state index is 11.8. The lowest BCUT2D eigenvalue weighted by molar-refractivity contribution is 0.177. The van der Waals surface area contributed by atoms with Crippen molar-refractivity contribution in [2.75, 3.05) is 13.1 Å². The van der Waals surface area contributed by atoms with Crippen LogP contribution in [0.25, 0.3) is 11.0 Å². The molecule has 1 N–H and O–H groups in total. The van der Waals surface area contributed by atoms with Gasteiger partial charge in [0.2, 0.25) is 0 Å². The van der Waals surface area contributed by atoms with Crippen molar-refractivity contribution in [1.82, 2.24) is 4.90 Å². The van der Waals surface area contributed by atoms with Gasteiger partial charge in [0.1, 0.15) is 11.3 Å². The number of aryl methyl sites for hydroxylation is 1. The number of phenols is 1. The summed E-state index contributed by atoms with van der Waals surface area (Å²) in [6.07, 6.45) is 2.49. The van der Waals surface area contributed by atoms with Crippen LogP contribution in [-0.4, -0.2) is 23.1 Å². The van der Waals surface area contributed by atoms with Gasteiger partial charge < -0.3 is 9.52 Å². The van der Waals surface area contributed by atoms with Gasteiger partial charge in [0.15, 0.2) is 0 Å². The quantitative estimate of drug-likeness (QED) is 0.863. The molecule has 2 aromatic rings. The maximum Gasteiger partial charge on any atom is 0.336 e. The zero-order valence-electron chi connectivity index (χ0n) is 12.6. The Labute approximate surface area is 124 Å². The lowest BCUT2D eigenvalue weighted by Gasteiger charge is -2.31. The number of piperidine rings is 1. The van der Waals surface area contributed by atoms with E-state index in [9.17, 15) is 9.90 Å². The van der Waals surface area contributed by atoms with Gasteiger partial charge in [-0.25, -0.2) is 4.79 Å². The van der Waals surface area contributed by atoms with Gasteiger partial charge in [-0.3, -0.25) is 4.90 Å². The molecule has 2 heterocycles. The topological polar surface area (TPSA) is 53.7 Å². The first kappa shape index (κ1) is 14.1. The Kier molecular flexibility index (Phi) is 3.72. The molecule has 0 spiro atoms. The number of phenolic OH excluding ortho intramolecular Hbond substituents is 1. The Balaban J connectivity index is 2.02. The zero-order chi connectivity index (χ0) is 15.0. The maximum absolute atomic E-state index is 11.8. The molecule has 112 valence electrons. The summed E-state index contributed by atoms with van der Waals surface area (Å²) in [6, 6.07) is 5.08. The summed E-state index contributed by atoms with van der Waals surface area (Å²) >= 11 is 0. The molecule has 0 unspecified atom stereocenters. The van der Waals surface area contributed by atoms with Gasteiger partial charge in [0.25, 0.3) is 0 Å². The van der Waals surface area contributed by atoms with E-state index < -0.39 is 0 Å². The first-order chi connectivity index (χ1) is 10.0. The summed E-state index contributed by atoms with van der Waals surface area (Å²) in [5, 5.41) is 10.7. The van der Waals surface area contributed by atoms with Crippen molar-refractivity contribution in [2.24, 2.45) is 5.92 Å². The molecule has 0 aliphatic carbocycles. The molecule has 0 bridgehead atoms. The van der Waals surface area contributed by atoms with E-state index in [0.29, 0.717) is 17.1 Å². The minimum absolute atomic E-state index is 0.161. The van der Waals surface area contributed by atoms with Crippen molar-refractivity contribution < 1.29 is 9.52 Å². The lowest BCUT2D eigenvalue weighted by Crippen LogP contribution is -2.34. The molecule has 1 aliphatic heterocycles. The fourth-order valence-electron chi connectivity index (χ4n) is 3.22. The van der Waals surface area contributed by atoms with Gasteiger partial charge in [-0.1, -0.05) is 6.92 Å². The van der Waals surface area contributed by atoms with Crippen LogP contribution in [0.2, 0.25) is 0 Å². The van der Waals surface area contributed by atoms with Crippen molar-refractivity contribution in [3.05, 3.63) is 39.7 Å². The number of hydrogen-bond donors (Lipinski definition) is 1. The molecular formula is C17H21NO3. The molecule has 1 aromatic heterocycles. The van der Waals surface area contributed by atoms with E-state index in [-0.39, 0.29) is 11.4 Å². The molecule has 0 amide bonds. The molecule has 0 radical (unpaired) electrons. The van der Waals surface area contributed by atoms with Gasteiger partial charge in [0.05, 0.1) is 0 Å². The fraction of sp³-hybridized carbons (Fsp3) is 0.471. The Morgan fingerprint density at radius 2 is 2.24 bits per heavy atom. The first-order valence-corrected chi connectivity index (χ1v) is 7.52. The highest BCUT2D eigenvalue weighted by Gasteiger charge is 2.18. The van der Waals surface area contributed by atoms with Crippen LogP contribution in [0.15, 0.2) is 27.4 Å². The number of likely N-dealkylation sites (tertiary alicyclic amines) is 1. The van der Waals surface area contributed by atoms with Gasteiger partial charge in [-0.2, -0.15) is 0 Å². The van der Waals surface area contributed by atoms with Gasteiger partial charge in [0, 0.05) is 30.1 Å². The Morgan fingerprint density at radius 3 is 3.00 bits per heavy atom. The average Bonchev–Trinajstić information content (AvgIpc) is 2.43. The molecule has 1 atom stereocenters. The molecule has 1 fully saturated rings. The van der Waals surface area contributed by atoms with Crippen LogP contribution in [0.3, 0.4) is 0 Å². The largest absolute Gasteiger partial charge is 0.508 e. The normalized spacial score (nSPS) is 20.0. The predicted molar refractivity (Wildman–Crippen MR) is 82.6 cm³/mol. The molecule has 21 heavy (non-hydrogen) atoms. The first-order valence-electron chi connectivity index (χ1n) is 7.52. The second kappa shape index (κ2) is 5.53. The second-order valence-corrected chi connectivity index (χ2v) is 6.16. The van der Waals surface area contributed by atoms with E-state index in [1.165, 1.54) is 12.8 Å². The highest BCUT2D eigenvalue weighted by atomic mass is 16.4. The molecule has 1 saturated heterocycles. The SMILES string of the molecule is Cc1c(O)ccc2c(CN3CCC[C@@H](C)C3)cc(=O)oc12. The summed E-state index contributed by atoms with van der Waals surface area (Å²) < 4.78 is 5.29. The smallest absolute Gasteiger partial charge is 0.336 e. The average molecular weight is 287 g/mol. The molecule has 1 aromatic carbocycles. The van der Waals surface area contributed by atoms with Crippen LogP contribution in [0.4, 0.5) is 0 Å². The summed E-state index contributed by atoms with van der Waals surface area (Å²) in [5.74, 6) is 0.866. The Morgan fingerprint density at radius 1 is 1.43 bits per heavy atom. The summed E-state index contributed by atoms with van der Waals surface area (Å²) in [4.78, 5) is 14.2. The fourth-order valence-corrected chi connectivity index (χ4v) is 3.22. The zero-order valence-corrected chi connectivity index (χ0v) is 12.6. The van der Waals surface area contributed by atoms with Crippen LogP contribution < -0.4 is 5.63 Å². The summed E-state index contributed by atoms with van der Waals surface area (Å²) in [5.41, 5.74) is 1.76. The lowest BCUT2D eigenvalue weighted by atomic mass is 9.99. The minimum atomic E-state index is -0.351. The monoisotopic (exact) mass is 287 g/mol. The van der Waals surface area contributed by atoms with Crippen molar-refractivity contribution >= 4 is 11.0 Å². The summed E-state index contributed by atoms with van der Waals surface area (Å²) in [6.45, 7) is 6.94. The highest BCUT2D eigenvalue weighted by molar-refractivity contribution is 5.84. The van der Waals surface area contributed by atoms with E-state index >= 15 is 0 Å². The molecule has 1 aliphatic rings. The molecule has 3 rings (SSSR count). The number of fused-ring (bicyclic) bond motifs is 1. The Hall–Kier alpha value is -1.81. The van der Waals surface area contributed by atoms with Crippen LogP contribution >= 0.6 is 0 Å². The van der Waals surface area contributed by atoms with E-state index in [1.807, 2.05) is 6.07 Å². The third kappa shape index (κ3) is 2.81. The van der Waals surface area contributed by atoms with E-state index in [2.05, 4.69) is 11.8 Å². The second-order valence-electron chi connectivity index (χ2n) is 6.16. The van der Waals surface area contributed by atoms with Gasteiger partial charge >= 0.3 is 5.63 Å². The summed E-state index contributed by atoms with van der Waals surface area (Å²) in [7, 11) is 0. The minimum Gasteiger partial charge on any atom is -0.508 e. The van der Waals surface area contributed by atoms with Crippen molar-refractivity contribution in [2.45, 2.75) is 33.2 Å². The van der Waals surface area contributed by atoms with Crippen molar-refractivity contribution in [1.29, 1.82) is 0 Å². The number of hydrogen-bond acceptors (Lipinski definition) is 4. The standard InChI is InChI=1S/C17H21NO3/c1-11-4-3-7-18(9-11)10-13-8-16(20)21-17-12(2)15(19)6-5-14(13)17/h5-6,8,11,19H,3-4,7,9-10H2,1-2H3/t11-/m1/s1. The van der Waals surface area contributed by atoms with Crippen molar-refractivity contribution in [3.8, 4) is 5.75 Å². The van der Waals surface area contributed by atoms with Crippen molar-refractivity contribution in [3.63, 3.8) is 0 Å². The number of rotatable bonds is 2. The third-order valence-corrected chi connectivity index (χ3v) is 4.35. The van der Waals surface area contributed by atoms with Gasteiger partial charge in [-0.05, 0) is 49.9 Å². The van der Waals surface area contributed by atoms with Gasteiger partial charge in [-0.15, -0.1) is 0 Å². The van der Waals surface area contributed by atoms with Crippen LogP contribution in [0.1, 0.15) is 30.9 Å². The number of benzene rings is 1. The van der Waals surface area contributed by atoms with Crippen LogP contribution in [0, 0.1) is 12.8 Å². The molecular weight excluding hydrogens is 266 g/mol. The predicted octanol–water partition coefficient (Wildman–Crippen LogP) is 3.04.